The molecule has 254 valence electrons. The first-order chi connectivity index (χ1) is 25.8. The SMILES string of the molecule is CC1(C)c2ccccc2-c2ccc(N(c3ccccc3)c3cccc(-c4cccc5ccccc45)c3-c3cccc4c3-c3ccccc3C4(C)C)cc21. The lowest BCUT2D eigenvalue weighted by Gasteiger charge is -2.31. The van der Waals surface area contributed by atoms with Crippen LogP contribution in [0.25, 0.3) is 55.3 Å². The molecule has 1 heteroatoms. The number of hydrogen-bond donors (Lipinski definition) is 0. The summed E-state index contributed by atoms with van der Waals surface area (Å²) in [5.74, 6) is 0. The minimum atomic E-state index is -0.118. The number of para-hydroxylation sites is 1. The number of fused-ring (bicyclic) bond motifs is 7. The van der Waals surface area contributed by atoms with Crippen LogP contribution in [0.1, 0.15) is 49.9 Å². The molecule has 10 rings (SSSR count). The van der Waals surface area contributed by atoms with Gasteiger partial charge in [0.25, 0.3) is 0 Å². The molecule has 2 aliphatic carbocycles. The summed E-state index contributed by atoms with van der Waals surface area (Å²) < 4.78 is 0. The Kier molecular flexibility index (Phi) is 6.94. The van der Waals surface area contributed by atoms with Crippen LogP contribution in [0.4, 0.5) is 17.1 Å². The smallest absolute Gasteiger partial charge is 0.0546 e. The molecule has 0 heterocycles. The van der Waals surface area contributed by atoms with Gasteiger partial charge in [0.05, 0.1) is 5.69 Å². The quantitative estimate of drug-likeness (QED) is 0.175. The van der Waals surface area contributed by atoms with Crippen LogP contribution in [0, 0.1) is 0 Å². The van der Waals surface area contributed by atoms with Gasteiger partial charge in [-0.1, -0.05) is 173 Å². The summed E-state index contributed by atoms with van der Waals surface area (Å²) in [6, 6.07) is 65.4. The van der Waals surface area contributed by atoms with Crippen molar-refractivity contribution < 1.29 is 0 Å². The highest BCUT2D eigenvalue weighted by Crippen LogP contribution is 2.56. The van der Waals surface area contributed by atoms with Crippen molar-refractivity contribution in [3.63, 3.8) is 0 Å². The first-order valence-electron chi connectivity index (χ1n) is 18.8. The molecular weight excluding hydrogens is 639 g/mol. The maximum absolute atomic E-state index is 2.49. The zero-order valence-corrected chi connectivity index (χ0v) is 30.7. The molecule has 0 spiro atoms. The normalized spacial score (nSPS) is 14.3. The Morgan fingerprint density at radius 2 is 0.887 bits per heavy atom. The number of rotatable bonds is 5. The maximum atomic E-state index is 2.49. The van der Waals surface area contributed by atoms with E-state index in [0.29, 0.717) is 0 Å². The van der Waals surface area contributed by atoms with Crippen LogP contribution >= 0.6 is 0 Å². The first kappa shape index (κ1) is 31.5. The van der Waals surface area contributed by atoms with Crippen LogP contribution in [-0.2, 0) is 10.8 Å². The Morgan fingerprint density at radius 3 is 1.72 bits per heavy atom. The molecule has 8 aromatic rings. The third-order valence-electron chi connectivity index (χ3n) is 12.1. The number of benzene rings is 8. The average molecular weight is 680 g/mol. The Balaban J connectivity index is 1.31. The predicted octanol–water partition coefficient (Wildman–Crippen LogP) is 14.3. The molecule has 53 heavy (non-hydrogen) atoms. The monoisotopic (exact) mass is 679 g/mol. The fourth-order valence-electron chi connectivity index (χ4n) is 9.49. The summed E-state index contributed by atoms with van der Waals surface area (Å²) in [7, 11) is 0. The Bertz CT molecular complexity index is 2730. The standard InChI is InChI=1S/C52H41N/c1-51(2)45-28-13-11-23-42(45)49-43(26-15-29-46(49)51)50-41(38-24-14-18-34-17-8-9-21-37(34)38)25-16-30-48(50)53(35-19-6-5-7-20-35)36-31-32-40-39-22-10-12-27-44(39)52(3,4)47(40)33-36/h5-33H,1-4H3. The summed E-state index contributed by atoms with van der Waals surface area (Å²) in [6.07, 6.45) is 0. The number of hydrogen-bond acceptors (Lipinski definition) is 1. The van der Waals surface area contributed by atoms with Crippen LogP contribution in [0.15, 0.2) is 176 Å². The zero-order chi connectivity index (χ0) is 35.9. The highest BCUT2D eigenvalue weighted by atomic mass is 15.1. The van der Waals surface area contributed by atoms with Crippen molar-refractivity contribution in [2.24, 2.45) is 0 Å². The van der Waals surface area contributed by atoms with Crippen molar-refractivity contribution in [1.29, 1.82) is 0 Å². The second-order valence-electron chi connectivity index (χ2n) is 15.7. The Labute approximate surface area is 312 Å². The fraction of sp³-hybridized carbons (Fsp3) is 0.115. The summed E-state index contributed by atoms with van der Waals surface area (Å²) in [6.45, 7) is 9.49. The molecular formula is C52H41N. The van der Waals surface area contributed by atoms with Gasteiger partial charge in [-0.2, -0.15) is 0 Å². The molecule has 0 bridgehead atoms. The van der Waals surface area contributed by atoms with Gasteiger partial charge in [0, 0.05) is 27.8 Å². The van der Waals surface area contributed by atoms with Gasteiger partial charge in [-0.05, 0) is 102 Å². The van der Waals surface area contributed by atoms with E-state index in [1.54, 1.807) is 0 Å². The fourth-order valence-corrected chi connectivity index (χ4v) is 9.49. The summed E-state index contributed by atoms with van der Waals surface area (Å²) in [5, 5.41) is 2.50. The van der Waals surface area contributed by atoms with E-state index < -0.39 is 0 Å². The lowest BCUT2D eigenvalue weighted by molar-refractivity contribution is 0.660. The van der Waals surface area contributed by atoms with E-state index in [-0.39, 0.29) is 10.8 Å². The highest BCUT2D eigenvalue weighted by Gasteiger charge is 2.38. The molecule has 0 aliphatic heterocycles. The topological polar surface area (TPSA) is 3.24 Å². The van der Waals surface area contributed by atoms with Gasteiger partial charge in [-0.15, -0.1) is 0 Å². The van der Waals surface area contributed by atoms with Gasteiger partial charge in [-0.25, -0.2) is 0 Å². The van der Waals surface area contributed by atoms with E-state index in [4.69, 9.17) is 0 Å². The van der Waals surface area contributed by atoms with Gasteiger partial charge in [-0.3, -0.25) is 0 Å². The van der Waals surface area contributed by atoms with Crippen molar-refractivity contribution in [3.05, 3.63) is 198 Å². The Morgan fingerprint density at radius 1 is 0.340 bits per heavy atom. The van der Waals surface area contributed by atoms with Gasteiger partial charge in [0.1, 0.15) is 0 Å². The van der Waals surface area contributed by atoms with Crippen molar-refractivity contribution in [3.8, 4) is 44.5 Å². The second kappa shape index (κ2) is 11.7. The molecule has 0 atom stereocenters. The highest BCUT2D eigenvalue weighted by molar-refractivity contribution is 6.08. The van der Waals surface area contributed by atoms with Gasteiger partial charge < -0.3 is 4.90 Å². The molecule has 0 unspecified atom stereocenters. The number of nitrogens with zero attached hydrogens (tertiary/aromatic N) is 1. The molecule has 0 amide bonds. The number of anilines is 3. The molecule has 0 N–H and O–H groups in total. The predicted molar refractivity (Wildman–Crippen MR) is 225 cm³/mol. The van der Waals surface area contributed by atoms with Crippen molar-refractivity contribution in [2.75, 3.05) is 4.90 Å². The van der Waals surface area contributed by atoms with E-state index in [1.807, 2.05) is 0 Å². The van der Waals surface area contributed by atoms with Crippen LogP contribution in [0.3, 0.4) is 0 Å². The van der Waals surface area contributed by atoms with Crippen molar-refractivity contribution in [2.45, 2.75) is 38.5 Å². The van der Waals surface area contributed by atoms with Gasteiger partial charge in [0.2, 0.25) is 0 Å². The molecule has 2 aliphatic rings. The van der Waals surface area contributed by atoms with E-state index in [9.17, 15) is 0 Å². The van der Waals surface area contributed by atoms with Gasteiger partial charge >= 0.3 is 0 Å². The summed E-state index contributed by atoms with van der Waals surface area (Å²) >= 11 is 0. The Hall–Kier alpha value is -6.18. The zero-order valence-electron chi connectivity index (χ0n) is 30.7. The van der Waals surface area contributed by atoms with E-state index in [0.717, 1.165) is 17.1 Å². The summed E-state index contributed by atoms with van der Waals surface area (Å²) in [4.78, 5) is 2.49. The lowest BCUT2D eigenvalue weighted by atomic mass is 9.81. The average Bonchev–Trinajstić information content (AvgIpc) is 3.58. The van der Waals surface area contributed by atoms with Gasteiger partial charge in [0.15, 0.2) is 0 Å². The van der Waals surface area contributed by atoms with Crippen molar-refractivity contribution >= 4 is 27.8 Å². The minimum absolute atomic E-state index is 0.115. The third-order valence-corrected chi connectivity index (χ3v) is 12.1. The second-order valence-corrected chi connectivity index (χ2v) is 15.7. The molecule has 0 aromatic heterocycles. The van der Waals surface area contributed by atoms with Crippen LogP contribution in [0.5, 0.6) is 0 Å². The summed E-state index contributed by atoms with van der Waals surface area (Å²) in [5.41, 5.74) is 19.0. The molecule has 8 aromatic carbocycles. The minimum Gasteiger partial charge on any atom is -0.310 e. The van der Waals surface area contributed by atoms with Crippen LogP contribution in [0.2, 0.25) is 0 Å². The molecule has 0 fully saturated rings. The molecule has 1 nitrogen and oxygen atoms in total. The largest absolute Gasteiger partial charge is 0.310 e. The van der Waals surface area contributed by atoms with Crippen LogP contribution < -0.4 is 4.90 Å². The van der Waals surface area contributed by atoms with Crippen LogP contribution in [-0.4, -0.2) is 0 Å². The molecule has 0 saturated carbocycles. The van der Waals surface area contributed by atoms with Crippen molar-refractivity contribution in [1.82, 2.24) is 0 Å². The molecule has 0 saturated heterocycles. The molecule has 0 radical (unpaired) electrons. The maximum Gasteiger partial charge on any atom is 0.0546 e. The lowest BCUT2D eigenvalue weighted by Crippen LogP contribution is -2.17. The van der Waals surface area contributed by atoms with E-state index in [1.165, 1.54) is 77.5 Å². The van der Waals surface area contributed by atoms with E-state index in [2.05, 4.69) is 209 Å². The van der Waals surface area contributed by atoms with E-state index >= 15 is 0 Å². The third kappa shape index (κ3) is 4.63. The first-order valence-corrected chi connectivity index (χ1v) is 18.8.